The van der Waals surface area contributed by atoms with Crippen LogP contribution in [0.2, 0.25) is 0 Å². The number of para-hydroxylation sites is 1. The number of thiazole rings is 1. The Morgan fingerprint density at radius 3 is 2.67 bits per heavy atom. The number of hydrogen-bond donors (Lipinski definition) is 3. The molecule has 1 atom stereocenters. The number of carboxylic acids is 1. The molecule has 51 heavy (non-hydrogen) atoms. The number of amides is 1. The molecule has 4 heterocycles. The van der Waals surface area contributed by atoms with Gasteiger partial charge < -0.3 is 20.1 Å². The van der Waals surface area contributed by atoms with Gasteiger partial charge in [0.15, 0.2) is 10.8 Å². The molecule has 0 bridgehead atoms. The molecule has 1 amide bonds. The van der Waals surface area contributed by atoms with E-state index in [9.17, 15) is 14.7 Å². The zero-order chi connectivity index (χ0) is 35.8. The maximum atomic E-state index is 13.6. The number of hydrogen-bond acceptors (Lipinski definition) is 9. The van der Waals surface area contributed by atoms with Gasteiger partial charge in [0, 0.05) is 42.0 Å². The summed E-state index contributed by atoms with van der Waals surface area (Å²) in [5.74, 6) is -0.775. The fourth-order valence-electron chi connectivity index (χ4n) is 7.84. The number of likely N-dealkylation sites (N-methyl/N-ethyl adjacent to an activating group) is 1. The molecule has 2 aromatic carbocycles. The number of aromatic nitrogens is 4. The SMILES string of the molecule is CNCCOC1(Cn2ncc(-c3ccc(N4CCc5cccc(C(=O)Nc6nc7ccccc7s6)c5C4)nc3C(=O)O)c2C)CCCC(C)(C)C1. The number of anilines is 2. The Labute approximate surface area is 302 Å². The molecule has 1 fully saturated rings. The fraction of sp³-hybridized carbons (Fsp3) is 0.410. The van der Waals surface area contributed by atoms with E-state index in [1.165, 1.54) is 11.3 Å². The summed E-state index contributed by atoms with van der Waals surface area (Å²) < 4.78 is 9.57. The van der Waals surface area contributed by atoms with E-state index in [0.29, 0.717) is 54.7 Å². The van der Waals surface area contributed by atoms with Crippen molar-refractivity contribution in [1.82, 2.24) is 25.1 Å². The molecule has 0 spiro atoms. The highest BCUT2D eigenvalue weighted by Crippen LogP contribution is 2.44. The van der Waals surface area contributed by atoms with Crippen LogP contribution in [0.4, 0.5) is 10.9 Å². The Hall–Kier alpha value is -4.65. The summed E-state index contributed by atoms with van der Waals surface area (Å²) in [7, 11) is 1.93. The zero-order valence-electron chi connectivity index (χ0n) is 29.7. The lowest BCUT2D eigenvalue weighted by Crippen LogP contribution is -2.46. The number of nitrogens with one attached hydrogen (secondary N) is 2. The monoisotopic (exact) mass is 707 g/mol. The van der Waals surface area contributed by atoms with Crippen LogP contribution < -0.4 is 15.5 Å². The van der Waals surface area contributed by atoms with Crippen molar-refractivity contribution >= 4 is 44.4 Å². The largest absolute Gasteiger partial charge is 0.476 e. The van der Waals surface area contributed by atoms with Crippen molar-refractivity contribution in [3.63, 3.8) is 0 Å². The number of nitrogens with zero attached hydrogens (tertiary/aromatic N) is 5. The molecule has 3 N–H and O–H groups in total. The van der Waals surface area contributed by atoms with Crippen LogP contribution in [0, 0.1) is 12.3 Å². The van der Waals surface area contributed by atoms with Crippen LogP contribution in [0.3, 0.4) is 0 Å². The van der Waals surface area contributed by atoms with E-state index in [4.69, 9.17) is 14.8 Å². The average Bonchev–Trinajstić information content (AvgIpc) is 3.69. The van der Waals surface area contributed by atoms with Gasteiger partial charge in [0.2, 0.25) is 0 Å². The lowest BCUT2D eigenvalue weighted by atomic mass is 9.69. The molecule has 0 saturated heterocycles. The number of carbonyl (C=O) groups is 2. The summed E-state index contributed by atoms with van der Waals surface area (Å²) in [6.07, 6.45) is 6.58. The normalized spacial score (nSPS) is 18.5. The van der Waals surface area contributed by atoms with E-state index in [0.717, 1.165) is 64.8 Å². The molecule has 11 nitrogen and oxygen atoms in total. The van der Waals surface area contributed by atoms with Gasteiger partial charge in [-0.05, 0) is 92.9 Å². The van der Waals surface area contributed by atoms with E-state index >= 15 is 0 Å². The number of carbonyl (C=O) groups excluding carboxylic acids is 1. The molecular weight excluding hydrogens is 663 g/mol. The molecule has 1 unspecified atom stereocenters. The van der Waals surface area contributed by atoms with E-state index in [1.807, 2.05) is 78.2 Å². The third-order valence-corrected chi connectivity index (χ3v) is 11.3. The maximum absolute atomic E-state index is 13.6. The van der Waals surface area contributed by atoms with Crippen LogP contribution in [0.5, 0.6) is 0 Å². The first-order valence-corrected chi connectivity index (χ1v) is 18.4. The molecule has 1 saturated carbocycles. The number of carboxylic acid groups (broad SMARTS) is 1. The average molecular weight is 708 g/mol. The van der Waals surface area contributed by atoms with Crippen molar-refractivity contribution in [1.29, 1.82) is 0 Å². The van der Waals surface area contributed by atoms with Crippen LogP contribution in [0.1, 0.15) is 77.2 Å². The van der Waals surface area contributed by atoms with E-state index in [-0.39, 0.29) is 22.6 Å². The molecule has 266 valence electrons. The van der Waals surface area contributed by atoms with Gasteiger partial charge in [-0.15, -0.1) is 0 Å². The number of fused-ring (bicyclic) bond motifs is 2. The van der Waals surface area contributed by atoms with Crippen molar-refractivity contribution in [2.24, 2.45) is 5.41 Å². The number of benzene rings is 2. The van der Waals surface area contributed by atoms with E-state index in [2.05, 4.69) is 29.5 Å². The number of ether oxygens (including phenoxy) is 1. The Bertz CT molecular complexity index is 2060. The van der Waals surface area contributed by atoms with Crippen molar-refractivity contribution in [3.05, 3.63) is 88.9 Å². The van der Waals surface area contributed by atoms with Crippen LogP contribution in [0.25, 0.3) is 21.3 Å². The predicted molar refractivity (Wildman–Crippen MR) is 201 cm³/mol. The fourth-order valence-corrected chi connectivity index (χ4v) is 8.70. The van der Waals surface area contributed by atoms with Crippen LogP contribution in [0.15, 0.2) is 60.8 Å². The molecule has 1 aliphatic heterocycles. The number of pyridine rings is 1. The Morgan fingerprint density at radius 2 is 1.88 bits per heavy atom. The second-order valence-corrected chi connectivity index (χ2v) is 15.6. The van der Waals surface area contributed by atoms with Crippen molar-refractivity contribution < 1.29 is 19.4 Å². The molecule has 12 heteroatoms. The lowest BCUT2D eigenvalue weighted by Gasteiger charge is -2.45. The first-order chi connectivity index (χ1) is 24.5. The Morgan fingerprint density at radius 1 is 1.04 bits per heavy atom. The van der Waals surface area contributed by atoms with Crippen molar-refractivity contribution in [3.8, 4) is 11.1 Å². The molecule has 2 aliphatic rings. The first kappa shape index (κ1) is 34.8. The zero-order valence-corrected chi connectivity index (χ0v) is 30.5. The minimum Gasteiger partial charge on any atom is -0.476 e. The third-order valence-electron chi connectivity index (χ3n) is 10.3. The van der Waals surface area contributed by atoms with Gasteiger partial charge in [0.05, 0.1) is 35.2 Å². The van der Waals surface area contributed by atoms with E-state index < -0.39 is 5.97 Å². The van der Waals surface area contributed by atoms with Gasteiger partial charge in [0.25, 0.3) is 5.91 Å². The van der Waals surface area contributed by atoms with Gasteiger partial charge in [-0.25, -0.2) is 14.8 Å². The van der Waals surface area contributed by atoms with Crippen LogP contribution in [-0.2, 0) is 24.2 Å². The first-order valence-electron chi connectivity index (χ1n) is 17.6. The molecule has 0 radical (unpaired) electrons. The topological polar surface area (TPSA) is 134 Å². The molecule has 5 aromatic rings. The van der Waals surface area contributed by atoms with E-state index in [1.54, 1.807) is 6.20 Å². The summed E-state index contributed by atoms with van der Waals surface area (Å²) in [5.41, 5.74) is 5.34. The smallest absolute Gasteiger partial charge is 0.355 e. The van der Waals surface area contributed by atoms with Gasteiger partial charge in [0.1, 0.15) is 5.82 Å². The number of rotatable bonds is 11. The highest BCUT2D eigenvalue weighted by atomic mass is 32.1. The summed E-state index contributed by atoms with van der Waals surface area (Å²) in [4.78, 5) is 37.6. The highest BCUT2D eigenvalue weighted by molar-refractivity contribution is 7.22. The summed E-state index contributed by atoms with van der Waals surface area (Å²) in [6, 6.07) is 17.3. The third kappa shape index (κ3) is 7.26. The van der Waals surface area contributed by atoms with Gasteiger partial charge in [-0.2, -0.15) is 5.10 Å². The minimum absolute atomic E-state index is 0.0263. The Balaban J connectivity index is 1.13. The highest BCUT2D eigenvalue weighted by Gasteiger charge is 2.42. The van der Waals surface area contributed by atoms with Gasteiger partial charge in [-0.1, -0.05) is 49.4 Å². The molecule has 1 aliphatic carbocycles. The maximum Gasteiger partial charge on any atom is 0.355 e. The Kier molecular flexibility index (Phi) is 9.66. The molecule has 3 aromatic heterocycles. The van der Waals surface area contributed by atoms with Crippen LogP contribution in [-0.4, -0.2) is 69.1 Å². The summed E-state index contributed by atoms with van der Waals surface area (Å²) in [5, 5.41) is 21.9. The van der Waals surface area contributed by atoms with Crippen molar-refractivity contribution in [2.45, 2.75) is 71.6 Å². The van der Waals surface area contributed by atoms with Gasteiger partial charge in [-0.3, -0.25) is 14.8 Å². The standard InChI is InChI=1S/C39H45N7O4S/c1-25-29(21-41-46(25)24-39(50-20-18-40-4)17-8-16-38(2,3)23-39)27-13-14-33(43-34(27)36(48)49)45-19-15-26-9-7-10-28(30(26)22-45)35(47)44-37-42-31-11-5-6-12-32(31)51-37/h5-7,9-14,21,40H,8,15-20,22-24H2,1-4H3,(H,48,49)(H,42,44,47). The lowest BCUT2D eigenvalue weighted by molar-refractivity contribution is -0.108. The van der Waals surface area contributed by atoms with Crippen LogP contribution >= 0.6 is 11.3 Å². The predicted octanol–water partition coefficient (Wildman–Crippen LogP) is 6.95. The van der Waals surface area contributed by atoms with Gasteiger partial charge >= 0.3 is 5.97 Å². The molecule has 7 rings (SSSR count). The summed E-state index contributed by atoms with van der Waals surface area (Å²) in [6.45, 7) is 9.64. The van der Waals surface area contributed by atoms with Crippen molar-refractivity contribution in [2.75, 3.05) is 37.0 Å². The quantitative estimate of drug-likeness (QED) is 0.125. The minimum atomic E-state index is -1.10. The second kappa shape index (κ2) is 14.2. The number of aromatic carboxylic acids is 1. The molecular formula is C39H45N7O4S. The summed E-state index contributed by atoms with van der Waals surface area (Å²) >= 11 is 1.44. The second-order valence-electron chi connectivity index (χ2n) is 14.6.